The van der Waals surface area contributed by atoms with Gasteiger partial charge in [0.2, 0.25) is 0 Å². The second kappa shape index (κ2) is 9.33. The fraction of sp³-hybridized carbons (Fsp3) is 0.125. The summed E-state index contributed by atoms with van der Waals surface area (Å²) in [4.78, 5) is 39.7. The van der Waals surface area contributed by atoms with Crippen molar-refractivity contribution in [2.24, 2.45) is 5.73 Å². The summed E-state index contributed by atoms with van der Waals surface area (Å²) in [6, 6.07) is 9.68. The summed E-state index contributed by atoms with van der Waals surface area (Å²) in [7, 11) is 0. The maximum absolute atomic E-state index is 13.8. The van der Waals surface area contributed by atoms with E-state index in [1.165, 1.54) is 37.3 Å². The molecule has 9 nitrogen and oxygen atoms in total. The number of carboxylic acids is 1. The molecule has 0 saturated carbocycles. The number of carbonyl (C=O) groups is 3. The third kappa shape index (κ3) is 5.10. The van der Waals surface area contributed by atoms with Gasteiger partial charge in [-0.3, -0.25) is 14.3 Å². The molecule has 2 amide bonds. The summed E-state index contributed by atoms with van der Waals surface area (Å²) in [5.41, 5.74) is 2.99. The molecule has 0 atom stereocenters. The first-order valence-corrected chi connectivity index (χ1v) is 10.5. The van der Waals surface area contributed by atoms with E-state index in [2.05, 4.69) is 15.4 Å². The van der Waals surface area contributed by atoms with Gasteiger partial charge < -0.3 is 16.2 Å². The molecule has 0 aliphatic rings. The third-order valence-electron chi connectivity index (χ3n) is 5.52. The van der Waals surface area contributed by atoms with Gasteiger partial charge in [-0.2, -0.15) is 18.3 Å². The second-order valence-electron chi connectivity index (χ2n) is 8.00. The van der Waals surface area contributed by atoms with Crippen LogP contribution < -0.4 is 11.1 Å². The Labute approximate surface area is 205 Å². The van der Waals surface area contributed by atoms with Crippen molar-refractivity contribution in [1.29, 1.82) is 0 Å². The quantitative estimate of drug-likeness (QED) is 0.332. The molecule has 0 aliphatic carbocycles. The number of rotatable bonds is 6. The number of pyridine rings is 1. The number of hydrogen-bond donors (Lipinski definition) is 3. The zero-order valence-corrected chi connectivity index (χ0v) is 18.9. The normalized spacial score (nSPS) is 11.5. The van der Waals surface area contributed by atoms with Gasteiger partial charge in [0.15, 0.2) is 5.69 Å². The van der Waals surface area contributed by atoms with E-state index in [1.54, 1.807) is 0 Å². The Balaban J connectivity index is 1.75. The molecule has 0 saturated heterocycles. The second-order valence-corrected chi connectivity index (χ2v) is 8.00. The number of carbonyl (C=O) groups excluding carboxylic acids is 2. The monoisotopic (exact) mass is 515 g/mol. The standard InChI is InChI=1S/C24H17F4N5O4/c1-11-19(20(24(26,27)28)32-33(11)10-12-2-4-13(5-3-12)23(36)37)31-22(35)16-9-18(21(29)34)30-17-8-14(25)6-7-15(16)17/h2-9H,10H2,1H3,(H2,29,34)(H,31,35)(H,36,37). The van der Waals surface area contributed by atoms with Gasteiger partial charge in [0.25, 0.3) is 11.8 Å². The zero-order valence-electron chi connectivity index (χ0n) is 18.9. The number of benzene rings is 2. The molecular formula is C24H17F4N5O4. The van der Waals surface area contributed by atoms with E-state index >= 15 is 0 Å². The lowest BCUT2D eigenvalue weighted by Gasteiger charge is -2.12. The number of carboxylic acid groups (broad SMARTS) is 1. The highest BCUT2D eigenvalue weighted by atomic mass is 19.4. The number of fused-ring (bicyclic) bond motifs is 1. The first-order valence-electron chi connectivity index (χ1n) is 10.5. The molecule has 13 heteroatoms. The number of halogens is 4. The summed E-state index contributed by atoms with van der Waals surface area (Å²) in [6.07, 6.45) is -4.94. The molecule has 0 spiro atoms. The molecule has 2 aromatic carbocycles. The Hall–Kier alpha value is -4.81. The van der Waals surface area contributed by atoms with Crippen LogP contribution in [0.1, 0.15) is 48.2 Å². The van der Waals surface area contributed by atoms with Crippen molar-refractivity contribution in [2.45, 2.75) is 19.6 Å². The van der Waals surface area contributed by atoms with Crippen molar-refractivity contribution in [2.75, 3.05) is 5.32 Å². The molecule has 4 aromatic rings. The van der Waals surface area contributed by atoms with E-state index in [0.717, 1.165) is 22.9 Å². The summed E-state index contributed by atoms with van der Waals surface area (Å²) in [6.45, 7) is 1.17. The lowest BCUT2D eigenvalue weighted by Crippen LogP contribution is -2.19. The SMILES string of the molecule is Cc1c(NC(=O)c2cc(C(N)=O)nc3cc(F)ccc23)c(C(F)(F)F)nn1Cc1ccc(C(=O)O)cc1. The first-order chi connectivity index (χ1) is 17.3. The minimum absolute atomic E-state index is 0.00431. The summed E-state index contributed by atoms with van der Waals surface area (Å²) < 4.78 is 56.2. The number of nitrogens with one attached hydrogen (secondary N) is 1. The van der Waals surface area contributed by atoms with Crippen molar-refractivity contribution in [3.63, 3.8) is 0 Å². The van der Waals surface area contributed by atoms with Gasteiger partial charge in [-0.1, -0.05) is 12.1 Å². The number of alkyl halides is 3. The van der Waals surface area contributed by atoms with Crippen LogP contribution in [0.3, 0.4) is 0 Å². The largest absolute Gasteiger partial charge is 0.478 e. The van der Waals surface area contributed by atoms with Gasteiger partial charge in [-0.05, 0) is 42.8 Å². The predicted octanol–water partition coefficient (Wildman–Crippen LogP) is 4.00. The van der Waals surface area contributed by atoms with E-state index < -0.39 is 41.2 Å². The van der Waals surface area contributed by atoms with Crippen LogP contribution in [0.4, 0.5) is 23.2 Å². The van der Waals surface area contributed by atoms with Gasteiger partial charge in [0, 0.05) is 11.5 Å². The van der Waals surface area contributed by atoms with Crippen LogP contribution in [0, 0.1) is 12.7 Å². The minimum Gasteiger partial charge on any atom is -0.478 e. The smallest absolute Gasteiger partial charge is 0.437 e. The van der Waals surface area contributed by atoms with Crippen LogP contribution in [0.25, 0.3) is 10.9 Å². The number of primary amides is 1. The van der Waals surface area contributed by atoms with Crippen molar-refractivity contribution >= 4 is 34.4 Å². The number of amides is 2. The zero-order chi connectivity index (χ0) is 27.1. The van der Waals surface area contributed by atoms with E-state index in [4.69, 9.17) is 10.8 Å². The Morgan fingerprint density at radius 3 is 2.35 bits per heavy atom. The molecule has 0 bridgehead atoms. The number of anilines is 1. The molecule has 0 fully saturated rings. The average Bonchev–Trinajstić information content (AvgIpc) is 3.13. The number of aromatic carboxylic acids is 1. The molecule has 0 radical (unpaired) electrons. The van der Waals surface area contributed by atoms with Crippen molar-refractivity contribution in [3.8, 4) is 0 Å². The van der Waals surface area contributed by atoms with Gasteiger partial charge >= 0.3 is 12.1 Å². The fourth-order valence-electron chi connectivity index (χ4n) is 3.67. The lowest BCUT2D eigenvalue weighted by atomic mass is 10.1. The van der Waals surface area contributed by atoms with Gasteiger partial charge in [0.05, 0.1) is 34.6 Å². The Kier molecular flexibility index (Phi) is 6.38. The average molecular weight is 515 g/mol. The lowest BCUT2D eigenvalue weighted by molar-refractivity contribution is -0.140. The van der Waals surface area contributed by atoms with E-state index in [1.807, 2.05) is 0 Å². The molecule has 0 aliphatic heterocycles. The number of hydrogen-bond acceptors (Lipinski definition) is 5. The number of nitrogens with zero attached hydrogens (tertiary/aromatic N) is 3. The molecule has 0 unspecified atom stereocenters. The predicted molar refractivity (Wildman–Crippen MR) is 123 cm³/mol. The topological polar surface area (TPSA) is 140 Å². The Morgan fingerprint density at radius 2 is 1.76 bits per heavy atom. The summed E-state index contributed by atoms with van der Waals surface area (Å²) in [5.74, 6) is -3.91. The minimum atomic E-state index is -4.94. The maximum Gasteiger partial charge on any atom is 0.437 e. The van der Waals surface area contributed by atoms with E-state index in [9.17, 15) is 31.9 Å². The first kappa shape index (κ1) is 25.3. The Bertz CT molecular complexity index is 1560. The molecule has 2 aromatic heterocycles. The Morgan fingerprint density at radius 1 is 1.08 bits per heavy atom. The third-order valence-corrected chi connectivity index (χ3v) is 5.52. The molecule has 37 heavy (non-hydrogen) atoms. The summed E-state index contributed by atoms with van der Waals surface area (Å²) >= 11 is 0. The number of aromatic nitrogens is 3. The highest BCUT2D eigenvalue weighted by Crippen LogP contribution is 2.36. The molecule has 4 N–H and O–H groups in total. The van der Waals surface area contributed by atoms with Crippen molar-refractivity contribution < 1.29 is 37.1 Å². The fourth-order valence-corrected chi connectivity index (χ4v) is 3.67. The van der Waals surface area contributed by atoms with E-state index in [-0.39, 0.29) is 40.0 Å². The molecule has 2 heterocycles. The highest BCUT2D eigenvalue weighted by molar-refractivity contribution is 6.14. The van der Waals surface area contributed by atoms with Crippen LogP contribution in [-0.4, -0.2) is 37.7 Å². The van der Waals surface area contributed by atoms with Crippen LogP contribution in [0.5, 0.6) is 0 Å². The molecule has 4 rings (SSSR count). The van der Waals surface area contributed by atoms with Gasteiger partial charge in [0.1, 0.15) is 11.5 Å². The van der Waals surface area contributed by atoms with Crippen LogP contribution in [0.15, 0.2) is 48.5 Å². The van der Waals surface area contributed by atoms with Gasteiger partial charge in [-0.25, -0.2) is 14.2 Å². The maximum atomic E-state index is 13.8. The van der Waals surface area contributed by atoms with E-state index in [0.29, 0.717) is 5.56 Å². The highest BCUT2D eigenvalue weighted by Gasteiger charge is 2.39. The molecular weight excluding hydrogens is 498 g/mol. The van der Waals surface area contributed by atoms with Crippen molar-refractivity contribution in [1.82, 2.24) is 14.8 Å². The van der Waals surface area contributed by atoms with Crippen LogP contribution in [-0.2, 0) is 12.7 Å². The van der Waals surface area contributed by atoms with Crippen LogP contribution >= 0.6 is 0 Å². The van der Waals surface area contributed by atoms with Crippen molar-refractivity contribution in [3.05, 3.63) is 88.1 Å². The number of nitrogens with two attached hydrogens (primary N) is 1. The van der Waals surface area contributed by atoms with Gasteiger partial charge in [-0.15, -0.1) is 0 Å². The summed E-state index contributed by atoms with van der Waals surface area (Å²) in [5, 5.41) is 14.9. The van der Waals surface area contributed by atoms with Crippen LogP contribution in [0.2, 0.25) is 0 Å². The molecule has 190 valence electrons.